The third-order valence-electron chi connectivity index (χ3n) is 10.8. The van der Waals surface area contributed by atoms with Gasteiger partial charge in [0.25, 0.3) is 0 Å². The minimum atomic E-state index is -1.23. The Hall–Kier alpha value is -4.41. The number of aliphatic hydroxyl groups excluding tert-OH is 1. The lowest BCUT2D eigenvalue weighted by atomic mass is 9.65. The molecule has 49 heavy (non-hydrogen) atoms. The highest BCUT2D eigenvalue weighted by Gasteiger charge is 2.79. The number of nitrogens with one attached hydrogen (secondary N) is 2. The van der Waals surface area contributed by atoms with E-state index in [1.807, 2.05) is 68.4 Å². The Morgan fingerprint density at radius 1 is 0.918 bits per heavy atom. The zero-order valence-corrected chi connectivity index (χ0v) is 28.9. The highest BCUT2D eigenvalue weighted by atomic mass is 16.5. The minimum Gasteiger partial charge on any atom is -0.494 e. The number of anilines is 3. The maximum absolute atomic E-state index is 14.8. The first kappa shape index (κ1) is 34.5. The van der Waals surface area contributed by atoms with Gasteiger partial charge < -0.3 is 35.0 Å². The number of hydrogen-bond acceptors (Lipinski definition) is 7. The van der Waals surface area contributed by atoms with Crippen molar-refractivity contribution in [3.63, 3.8) is 0 Å². The van der Waals surface area contributed by atoms with Crippen molar-refractivity contribution in [3.8, 4) is 5.75 Å². The summed E-state index contributed by atoms with van der Waals surface area (Å²) in [4.78, 5) is 47.4. The van der Waals surface area contributed by atoms with E-state index in [2.05, 4.69) is 29.4 Å². The van der Waals surface area contributed by atoms with Gasteiger partial charge in [-0.05, 0) is 101 Å². The molecule has 1 spiro atoms. The van der Waals surface area contributed by atoms with E-state index in [1.165, 1.54) is 4.90 Å². The fraction of sp³-hybridized carbons (Fsp3) is 0.462. The third kappa shape index (κ3) is 6.16. The van der Waals surface area contributed by atoms with Crippen LogP contribution in [0.1, 0.15) is 52.5 Å². The molecule has 260 valence electrons. The van der Waals surface area contributed by atoms with Gasteiger partial charge >= 0.3 is 0 Å². The van der Waals surface area contributed by atoms with Crippen molar-refractivity contribution in [2.24, 2.45) is 11.8 Å². The van der Waals surface area contributed by atoms with Crippen molar-refractivity contribution in [3.05, 3.63) is 84.4 Å². The average molecular weight is 669 g/mol. The molecule has 3 N–H and O–H groups in total. The Bertz CT molecular complexity index is 1630. The van der Waals surface area contributed by atoms with Crippen LogP contribution in [0.4, 0.5) is 17.1 Å². The van der Waals surface area contributed by atoms with Crippen molar-refractivity contribution in [2.75, 3.05) is 41.8 Å². The number of hydrogen-bond donors (Lipinski definition) is 3. The lowest BCUT2D eigenvalue weighted by molar-refractivity contribution is -0.148. The van der Waals surface area contributed by atoms with Gasteiger partial charge in [-0.1, -0.05) is 37.3 Å². The van der Waals surface area contributed by atoms with E-state index in [0.29, 0.717) is 49.4 Å². The van der Waals surface area contributed by atoms with Gasteiger partial charge in [-0.2, -0.15) is 0 Å². The monoisotopic (exact) mass is 668 g/mol. The van der Waals surface area contributed by atoms with Gasteiger partial charge in [-0.3, -0.25) is 14.4 Å². The van der Waals surface area contributed by atoms with E-state index in [1.54, 1.807) is 24.3 Å². The molecule has 0 aromatic heterocycles. The summed E-state index contributed by atoms with van der Waals surface area (Å²) >= 11 is 0. The molecule has 6 atom stereocenters. The van der Waals surface area contributed by atoms with Crippen LogP contribution < -0.4 is 20.3 Å². The number of nitrogens with zero attached hydrogens (tertiary/aromatic N) is 2. The number of carbonyl (C=O) groups excluding carboxylic acids is 3. The topological polar surface area (TPSA) is 120 Å². The van der Waals surface area contributed by atoms with E-state index in [9.17, 15) is 19.5 Å². The van der Waals surface area contributed by atoms with Gasteiger partial charge in [0.15, 0.2) is 0 Å². The second-order valence-electron chi connectivity index (χ2n) is 13.3. The summed E-state index contributed by atoms with van der Waals surface area (Å²) in [6.45, 7) is 9.97. The van der Waals surface area contributed by atoms with Crippen molar-refractivity contribution < 1.29 is 29.0 Å². The predicted octanol–water partition coefficient (Wildman–Crippen LogP) is 5.27. The molecule has 2 unspecified atom stereocenters. The molecule has 3 amide bonds. The van der Waals surface area contributed by atoms with Gasteiger partial charge in [-0.15, -0.1) is 0 Å². The number of aliphatic hydroxyl groups is 1. The molecule has 0 radical (unpaired) electrons. The predicted molar refractivity (Wildman–Crippen MR) is 190 cm³/mol. The first-order valence-corrected chi connectivity index (χ1v) is 17.6. The summed E-state index contributed by atoms with van der Waals surface area (Å²) in [5, 5.41) is 16.9. The lowest BCUT2D eigenvalue weighted by Gasteiger charge is -2.37. The molecule has 3 saturated heterocycles. The number of fused-ring (bicyclic) bond motifs is 1. The molecule has 0 saturated carbocycles. The fourth-order valence-electron chi connectivity index (χ4n) is 8.46. The van der Waals surface area contributed by atoms with Crippen LogP contribution in [-0.2, 0) is 25.5 Å². The maximum atomic E-state index is 14.8. The molecular formula is C39H48N4O6. The van der Waals surface area contributed by atoms with Crippen LogP contribution in [0.15, 0.2) is 78.9 Å². The van der Waals surface area contributed by atoms with Gasteiger partial charge in [0.05, 0.1) is 36.7 Å². The molecule has 3 heterocycles. The summed E-state index contributed by atoms with van der Waals surface area (Å²) in [6.07, 6.45) is 1.83. The normalized spacial score (nSPS) is 25.9. The molecule has 6 rings (SSSR count). The van der Waals surface area contributed by atoms with Gasteiger partial charge in [0.2, 0.25) is 17.7 Å². The number of rotatable bonds is 14. The Morgan fingerprint density at radius 2 is 1.55 bits per heavy atom. The molecular weight excluding hydrogens is 620 g/mol. The zero-order valence-electron chi connectivity index (χ0n) is 28.9. The number of benzene rings is 3. The van der Waals surface area contributed by atoms with Crippen LogP contribution in [0.25, 0.3) is 0 Å². The van der Waals surface area contributed by atoms with Crippen LogP contribution in [0.2, 0.25) is 0 Å². The fourth-order valence-corrected chi connectivity index (χ4v) is 8.46. The Kier molecular flexibility index (Phi) is 9.99. The van der Waals surface area contributed by atoms with Gasteiger partial charge in [-0.25, -0.2) is 0 Å². The Balaban J connectivity index is 1.36. The Morgan fingerprint density at radius 3 is 2.14 bits per heavy atom. The first-order valence-electron chi connectivity index (χ1n) is 17.6. The van der Waals surface area contributed by atoms with Crippen LogP contribution in [-0.4, -0.2) is 77.3 Å². The molecule has 0 aliphatic carbocycles. The maximum Gasteiger partial charge on any atom is 0.250 e. The minimum absolute atomic E-state index is 0.317. The van der Waals surface area contributed by atoms with E-state index in [4.69, 9.17) is 9.47 Å². The van der Waals surface area contributed by atoms with E-state index in [0.717, 1.165) is 24.3 Å². The largest absolute Gasteiger partial charge is 0.494 e. The second kappa shape index (κ2) is 14.2. The summed E-state index contributed by atoms with van der Waals surface area (Å²) in [6, 6.07) is 22.7. The smallest absolute Gasteiger partial charge is 0.250 e. The molecule has 3 aliphatic rings. The number of ether oxygens (including phenoxy) is 2. The lowest BCUT2D eigenvalue weighted by Crippen LogP contribution is -2.57. The van der Waals surface area contributed by atoms with E-state index < -0.39 is 41.0 Å². The SMILES string of the molecule is CCOc1ccc(NC(=O)[C@@H]2[C@H]3C(=O)N([C@@H](CO)Cc4ccccc4)C(C(=O)Nc4ccc(N(CC)CC)cc4)C34CC[C@@]2(CC)O4)cc1. The molecule has 3 fully saturated rings. The highest BCUT2D eigenvalue weighted by Crippen LogP contribution is 2.64. The number of carbonyl (C=O) groups is 3. The summed E-state index contributed by atoms with van der Waals surface area (Å²) in [5.74, 6) is -2.07. The number of amides is 3. The molecule has 3 aromatic rings. The molecule has 3 aromatic carbocycles. The van der Waals surface area contributed by atoms with E-state index >= 15 is 0 Å². The standard InChI is InChI=1S/C39H48N4O6/c1-5-38-22-23-39(49-38)33(32(38)35(45)40-28-16-20-31(21-17-28)48-8-4)37(47)43(30(25-44)24-26-12-10-9-11-13-26)34(39)36(46)41-27-14-18-29(19-15-27)42(6-2)7-3/h9-21,30,32-34,44H,5-8,22-25H2,1-4H3,(H,40,45)(H,41,46)/t30-,32+,33+,34?,38-,39?/m1/s1. The molecule has 2 bridgehead atoms. The molecule has 10 nitrogen and oxygen atoms in total. The van der Waals surface area contributed by atoms with Crippen LogP contribution in [0, 0.1) is 11.8 Å². The quantitative estimate of drug-likeness (QED) is 0.214. The average Bonchev–Trinajstić information content (AvgIpc) is 3.73. The third-order valence-corrected chi connectivity index (χ3v) is 10.8. The summed E-state index contributed by atoms with van der Waals surface area (Å²) in [5.41, 5.74) is 1.02. The van der Waals surface area contributed by atoms with Crippen LogP contribution >= 0.6 is 0 Å². The zero-order chi connectivity index (χ0) is 34.8. The van der Waals surface area contributed by atoms with Gasteiger partial charge in [0.1, 0.15) is 17.4 Å². The van der Waals surface area contributed by atoms with Crippen LogP contribution in [0.3, 0.4) is 0 Å². The van der Waals surface area contributed by atoms with Gasteiger partial charge in [0, 0.05) is 30.2 Å². The first-order chi connectivity index (χ1) is 23.7. The number of likely N-dealkylation sites (tertiary alicyclic amines) is 1. The molecule has 10 heteroatoms. The summed E-state index contributed by atoms with van der Waals surface area (Å²) in [7, 11) is 0. The second-order valence-corrected chi connectivity index (χ2v) is 13.3. The summed E-state index contributed by atoms with van der Waals surface area (Å²) < 4.78 is 12.5. The van der Waals surface area contributed by atoms with Crippen molar-refractivity contribution in [2.45, 2.75) is 76.7 Å². The highest BCUT2D eigenvalue weighted by molar-refractivity contribution is 6.05. The van der Waals surface area contributed by atoms with Crippen molar-refractivity contribution in [1.82, 2.24) is 4.90 Å². The van der Waals surface area contributed by atoms with Crippen LogP contribution in [0.5, 0.6) is 5.75 Å². The van der Waals surface area contributed by atoms with Crippen molar-refractivity contribution in [1.29, 1.82) is 0 Å². The molecule has 3 aliphatic heterocycles. The Labute approximate surface area is 288 Å². The van der Waals surface area contributed by atoms with Crippen molar-refractivity contribution >= 4 is 34.8 Å². The van der Waals surface area contributed by atoms with E-state index in [-0.39, 0.29) is 18.4 Å².